The van der Waals surface area contributed by atoms with Gasteiger partial charge >= 0.3 is 5.97 Å². The van der Waals surface area contributed by atoms with Crippen LogP contribution in [0.3, 0.4) is 0 Å². The Morgan fingerprint density at radius 2 is 2.08 bits per heavy atom. The summed E-state index contributed by atoms with van der Waals surface area (Å²) in [5.74, 6) is -0.979. The molecule has 0 aliphatic rings. The van der Waals surface area contributed by atoms with Crippen LogP contribution in [0.2, 0.25) is 0 Å². The molecule has 6 nitrogen and oxygen atoms in total. The van der Waals surface area contributed by atoms with Crippen molar-refractivity contribution in [3.05, 3.63) is 45.4 Å². The van der Waals surface area contributed by atoms with Crippen LogP contribution in [0.1, 0.15) is 28.8 Å². The number of aromatic nitrogens is 1. The molecule has 0 fully saturated rings. The second-order valence-corrected chi connectivity index (χ2v) is 7.15. The molecule has 0 saturated carbocycles. The minimum atomic E-state index is -0.870. The Morgan fingerprint density at radius 3 is 2.76 bits per heavy atom. The molecule has 1 unspecified atom stereocenters. The first kappa shape index (κ1) is 19.1. The summed E-state index contributed by atoms with van der Waals surface area (Å²) in [6.45, 7) is 6.00. The van der Waals surface area contributed by atoms with E-state index in [1.54, 1.807) is 18.9 Å². The van der Waals surface area contributed by atoms with Crippen LogP contribution in [-0.4, -0.2) is 40.0 Å². The van der Waals surface area contributed by atoms with Gasteiger partial charge in [0, 0.05) is 17.6 Å². The van der Waals surface area contributed by atoms with Gasteiger partial charge in [-0.3, -0.25) is 14.5 Å². The molecule has 1 amide bonds. The average molecular weight is 361 g/mol. The monoisotopic (exact) mass is 361 g/mol. The Bertz CT molecular complexity index is 773. The Balaban J connectivity index is 1.95. The van der Waals surface area contributed by atoms with Gasteiger partial charge in [0.15, 0.2) is 0 Å². The van der Waals surface area contributed by atoms with Crippen molar-refractivity contribution in [2.45, 2.75) is 39.8 Å². The van der Waals surface area contributed by atoms with Gasteiger partial charge in [-0.2, -0.15) is 0 Å². The van der Waals surface area contributed by atoms with E-state index in [4.69, 9.17) is 5.11 Å². The molecule has 2 rings (SSSR count). The van der Waals surface area contributed by atoms with E-state index < -0.39 is 12.0 Å². The van der Waals surface area contributed by atoms with E-state index in [-0.39, 0.29) is 12.3 Å². The van der Waals surface area contributed by atoms with Gasteiger partial charge in [0.05, 0.1) is 12.1 Å². The molecule has 0 radical (unpaired) electrons. The van der Waals surface area contributed by atoms with Crippen molar-refractivity contribution in [3.8, 4) is 0 Å². The normalized spacial score (nSPS) is 12.2. The van der Waals surface area contributed by atoms with Crippen molar-refractivity contribution in [2.24, 2.45) is 0 Å². The lowest BCUT2D eigenvalue weighted by molar-refractivity contribution is -0.142. The van der Waals surface area contributed by atoms with Crippen LogP contribution in [0.25, 0.3) is 0 Å². The lowest BCUT2D eigenvalue weighted by Crippen LogP contribution is -2.35. The number of nitrogens with one attached hydrogen (secondary N) is 1. The van der Waals surface area contributed by atoms with E-state index in [1.165, 1.54) is 11.3 Å². The number of amides is 1. The minimum Gasteiger partial charge on any atom is -0.480 e. The zero-order chi connectivity index (χ0) is 18.6. The van der Waals surface area contributed by atoms with Crippen LogP contribution in [0.4, 0.5) is 5.69 Å². The standard InChI is InChI=1S/C18H23N3O3S/c1-11-5-6-12(2)15(7-11)20-16(22)8-17-19-14(10-25-17)9-21(4)13(3)18(23)24/h5-7,10,13H,8-9H2,1-4H3,(H,20,22)(H,23,24). The first-order chi connectivity index (χ1) is 11.8. The molecule has 1 atom stereocenters. The number of rotatable bonds is 7. The fraction of sp³-hybridized carbons (Fsp3) is 0.389. The molecule has 0 bridgehead atoms. The number of carbonyl (C=O) groups excluding carboxylic acids is 1. The molecule has 2 aromatic rings. The smallest absolute Gasteiger partial charge is 0.320 e. The molecule has 134 valence electrons. The first-order valence-corrected chi connectivity index (χ1v) is 8.87. The highest BCUT2D eigenvalue weighted by Crippen LogP contribution is 2.18. The number of hydrogen-bond acceptors (Lipinski definition) is 5. The SMILES string of the molecule is Cc1ccc(C)c(NC(=O)Cc2nc(CN(C)C(C)C(=O)O)cs2)c1. The lowest BCUT2D eigenvalue weighted by Gasteiger charge is -2.19. The van der Waals surface area contributed by atoms with Crippen LogP contribution in [0.15, 0.2) is 23.6 Å². The van der Waals surface area contributed by atoms with Crippen LogP contribution >= 0.6 is 11.3 Å². The van der Waals surface area contributed by atoms with Gasteiger partial charge < -0.3 is 10.4 Å². The summed E-state index contributed by atoms with van der Waals surface area (Å²) in [4.78, 5) is 29.4. The van der Waals surface area contributed by atoms with Gasteiger partial charge in [-0.25, -0.2) is 4.98 Å². The van der Waals surface area contributed by atoms with Gasteiger partial charge in [-0.05, 0) is 45.0 Å². The minimum absolute atomic E-state index is 0.109. The van der Waals surface area contributed by atoms with E-state index in [0.717, 1.165) is 22.5 Å². The lowest BCUT2D eigenvalue weighted by atomic mass is 10.1. The van der Waals surface area contributed by atoms with Crippen molar-refractivity contribution in [2.75, 3.05) is 12.4 Å². The molecule has 1 aromatic carbocycles. The molecule has 1 aromatic heterocycles. The number of likely N-dealkylation sites (N-methyl/N-ethyl adjacent to an activating group) is 1. The summed E-state index contributed by atoms with van der Waals surface area (Å²) in [5, 5.41) is 14.5. The Morgan fingerprint density at radius 1 is 1.36 bits per heavy atom. The second kappa shape index (κ2) is 8.22. The number of hydrogen-bond donors (Lipinski definition) is 2. The van der Waals surface area contributed by atoms with Crippen molar-refractivity contribution in [1.82, 2.24) is 9.88 Å². The Labute approximate surface area is 151 Å². The van der Waals surface area contributed by atoms with Gasteiger partial charge in [-0.1, -0.05) is 12.1 Å². The summed E-state index contributed by atoms with van der Waals surface area (Å²) in [7, 11) is 1.74. The third-order valence-electron chi connectivity index (χ3n) is 4.01. The molecule has 2 N–H and O–H groups in total. The number of carboxylic acids is 1. The maximum Gasteiger partial charge on any atom is 0.320 e. The molecular weight excluding hydrogens is 338 g/mol. The van der Waals surface area contributed by atoms with Gasteiger partial charge in [-0.15, -0.1) is 11.3 Å². The van der Waals surface area contributed by atoms with E-state index >= 15 is 0 Å². The zero-order valence-corrected chi connectivity index (χ0v) is 15.7. The highest BCUT2D eigenvalue weighted by molar-refractivity contribution is 7.09. The third kappa shape index (κ3) is 5.37. The number of thiazole rings is 1. The fourth-order valence-corrected chi connectivity index (χ4v) is 3.07. The van der Waals surface area contributed by atoms with E-state index in [2.05, 4.69) is 10.3 Å². The Kier molecular flexibility index (Phi) is 6.27. The number of carbonyl (C=O) groups is 2. The molecule has 0 aliphatic heterocycles. The van der Waals surface area contributed by atoms with Gasteiger partial charge in [0.1, 0.15) is 11.0 Å². The summed E-state index contributed by atoms with van der Waals surface area (Å²) in [5.41, 5.74) is 3.70. The summed E-state index contributed by atoms with van der Waals surface area (Å²) < 4.78 is 0. The highest BCUT2D eigenvalue weighted by Gasteiger charge is 2.18. The molecule has 25 heavy (non-hydrogen) atoms. The largest absolute Gasteiger partial charge is 0.480 e. The van der Waals surface area contributed by atoms with Crippen LogP contribution in [-0.2, 0) is 22.6 Å². The maximum absolute atomic E-state index is 12.2. The highest BCUT2D eigenvalue weighted by atomic mass is 32.1. The summed E-state index contributed by atoms with van der Waals surface area (Å²) in [6, 6.07) is 5.35. The van der Waals surface area contributed by atoms with Crippen molar-refractivity contribution >= 4 is 28.9 Å². The molecule has 1 heterocycles. The van der Waals surface area contributed by atoms with Crippen molar-refractivity contribution < 1.29 is 14.7 Å². The quantitative estimate of drug-likeness (QED) is 0.792. The van der Waals surface area contributed by atoms with Crippen LogP contribution < -0.4 is 5.32 Å². The molecule has 7 heteroatoms. The second-order valence-electron chi connectivity index (χ2n) is 6.21. The molecule has 0 aliphatic carbocycles. The van der Waals surface area contributed by atoms with Gasteiger partial charge in [0.2, 0.25) is 5.91 Å². The predicted molar refractivity (Wildman–Crippen MR) is 98.9 cm³/mol. The first-order valence-electron chi connectivity index (χ1n) is 7.99. The Hall–Kier alpha value is -2.25. The number of carboxylic acid groups (broad SMARTS) is 1. The van der Waals surface area contributed by atoms with Crippen LogP contribution in [0, 0.1) is 13.8 Å². The van der Waals surface area contributed by atoms with Crippen molar-refractivity contribution in [3.63, 3.8) is 0 Å². The summed E-state index contributed by atoms with van der Waals surface area (Å²) >= 11 is 1.41. The molecule has 0 saturated heterocycles. The number of nitrogens with zero attached hydrogens (tertiary/aromatic N) is 2. The van der Waals surface area contributed by atoms with E-state index in [0.29, 0.717) is 11.6 Å². The van der Waals surface area contributed by atoms with Gasteiger partial charge in [0.25, 0.3) is 0 Å². The molecular formula is C18H23N3O3S. The molecule has 0 spiro atoms. The van der Waals surface area contributed by atoms with Crippen molar-refractivity contribution in [1.29, 1.82) is 0 Å². The number of benzene rings is 1. The number of aryl methyl sites for hydroxylation is 2. The fourth-order valence-electron chi connectivity index (χ4n) is 2.29. The number of aliphatic carboxylic acids is 1. The topological polar surface area (TPSA) is 82.5 Å². The zero-order valence-electron chi connectivity index (χ0n) is 14.9. The van der Waals surface area contributed by atoms with E-state index in [9.17, 15) is 9.59 Å². The third-order valence-corrected chi connectivity index (χ3v) is 4.91. The van der Waals surface area contributed by atoms with Crippen LogP contribution in [0.5, 0.6) is 0 Å². The average Bonchev–Trinajstić information content (AvgIpc) is 2.96. The summed E-state index contributed by atoms with van der Waals surface area (Å²) in [6.07, 6.45) is 0.205. The van der Waals surface area contributed by atoms with E-state index in [1.807, 2.05) is 37.4 Å². The predicted octanol–water partition coefficient (Wildman–Crippen LogP) is 2.85. The number of anilines is 1. The maximum atomic E-state index is 12.2.